The number of carbonyl (C=O) groups excluding carboxylic acids is 1. The molecule has 0 aliphatic rings. The lowest BCUT2D eigenvalue weighted by atomic mass is 10.3. The van der Waals surface area contributed by atoms with Crippen LogP contribution in [0, 0.1) is 6.92 Å². The van der Waals surface area contributed by atoms with Crippen LogP contribution in [0.5, 0.6) is 0 Å². The quantitative estimate of drug-likeness (QED) is 0.870. The summed E-state index contributed by atoms with van der Waals surface area (Å²) in [4.78, 5) is 23.7. The van der Waals surface area contributed by atoms with Crippen molar-refractivity contribution < 1.29 is 14.7 Å². The molecule has 0 spiro atoms. The van der Waals surface area contributed by atoms with Gasteiger partial charge in [0.15, 0.2) is 0 Å². The van der Waals surface area contributed by atoms with E-state index in [4.69, 9.17) is 5.11 Å². The van der Waals surface area contributed by atoms with Crippen molar-refractivity contribution >= 4 is 33.4 Å². The van der Waals surface area contributed by atoms with E-state index in [1.165, 1.54) is 11.3 Å². The number of nitrogens with zero attached hydrogens (tertiary/aromatic N) is 2. The minimum atomic E-state index is -0.924. The molecule has 0 aromatic carbocycles. The van der Waals surface area contributed by atoms with Gasteiger partial charge in [-0.1, -0.05) is 0 Å². The van der Waals surface area contributed by atoms with Gasteiger partial charge in [0.25, 0.3) is 5.91 Å². The highest BCUT2D eigenvalue weighted by molar-refractivity contribution is 7.20. The number of carboxylic acid groups (broad SMARTS) is 1. The third-order valence-corrected chi connectivity index (χ3v) is 3.75. The van der Waals surface area contributed by atoms with Crippen LogP contribution in [0.4, 0.5) is 0 Å². The lowest BCUT2D eigenvalue weighted by Gasteiger charge is -2.00. The van der Waals surface area contributed by atoms with Crippen LogP contribution in [-0.4, -0.2) is 33.3 Å². The third-order valence-electron chi connectivity index (χ3n) is 2.54. The number of aliphatic carboxylic acids is 1. The van der Waals surface area contributed by atoms with Crippen molar-refractivity contribution in [3.05, 3.63) is 16.6 Å². The maximum atomic E-state index is 11.8. The van der Waals surface area contributed by atoms with Gasteiger partial charge in [-0.2, -0.15) is 5.10 Å². The summed E-state index contributed by atoms with van der Waals surface area (Å²) < 4.78 is 1.74. The first-order chi connectivity index (χ1) is 8.49. The maximum Gasteiger partial charge on any atom is 0.305 e. The fourth-order valence-corrected chi connectivity index (χ4v) is 2.73. The summed E-state index contributed by atoms with van der Waals surface area (Å²) in [6, 6.07) is 1.79. The second-order valence-corrected chi connectivity index (χ2v) is 4.97. The first-order valence-electron chi connectivity index (χ1n) is 5.42. The van der Waals surface area contributed by atoms with Crippen LogP contribution in [0.1, 0.15) is 21.8 Å². The molecule has 0 atom stereocenters. The molecule has 2 aromatic heterocycles. The Balaban J connectivity index is 2.13. The van der Waals surface area contributed by atoms with Gasteiger partial charge in [0.05, 0.1) is 17.0 Å². The van der Waals surface area contributed by atoms with Crippen molar-refractivity contribution in [1.82, 2.24) is 15.1 Å². The fourth-order valence-electron chi connectivity index (χ4n) is 1.69. The van der Waals surface area contributed by atoms with Crippen molar-refractivity contribution in [2.75, 3.05) is 6.54 Å². The molecule has 1 amide bonds. The third kappa shape index (κ3) is 2.35. The Labute approximate surface area is 107 Å². The normalized spacial score (nSPS) is 10.8. The molecule has 0 aliphatic heterocycles. The minimum Gasteiger partial charge on any atom is -0.481 e. The van der Waals surface area contributed by atoms with Crippen molar-refractivity contribution in [3.63, 3.8) is 0 Å². The van der Waals surface area contributed by atoms with Gasteiger partial charge < -0.3 is 10.4 Å². The van der Waals surface area contributed by atoms with Crippen LogP contribution in [0.3, 0.4) is 0 Å². The Morgan fingerprint density at radius 2 is 2.28 bits per heavy atom. The molecule has 0 unspecified atom stereocenters. The Morgan fingerprint density at radius 1 is 1.56 bits per heavy atom. The number of thiophene rings is 1. The number of fused-ring (bicyclic) bond motifs is 1. The summed E-state index contributed by atoms with van der Waals surface area (Å²) in [6.07, 6.45) is -0.0722. The van der Waals surface area contributed by atoms with Gasteiger partial charge in [0.1, 0.15) is 4.83 Å². The van der Waals surface area contributed by atoms with Crippen LogP contribution >= 0.6 is 11.3 Å². The Kier molecular flexibility index (Phi) is 3.33. The zero-order chi connectivity index (χ0) is 13.3. The number of nitrogens with one attached hydrogen (secondary N) is 1. The number of hydrogen-bond donors (Lipinski definition) is 2. The first-order valence-corrected chi connectivity index (χ1v) is 6.24. The van der Waals surface area contributed by atoms with Gasteiger partial charge in [0, 0.05) is 19.0 Å². The summed E-state index contributed by atoms with van der Waals surface area (Å²) in [5.41, 5.74) is 0.883. The highest BCUT2D eigenvalue weighted by Gasteiger charge is 2.14. The molecule has 0 saturated heterocycles. The molecular formula is C11H13N3O3S. The number of carbonyl (C=O) groups is 2. The predicted molar refractivity (Wildman–Crippen MR) is 67.9 cm³/mol. The van der Waals surface area contributed by atoms with Crippen molar-refractivity contribution in [2.24, 2.45) is 7.05 Å². The lowest BCUT2D eigenvalue weighted by Crippen LogP contribution is -2.25. The average molecular weight is 267 g/mol. The topological polar surface area (TPSA) is 84.2 Å². The highest BCUT2D eigenvalue weighted by atomic mass is 32.1. The molecule has 18 heavy (non-hydrogen) atoms. The van der Waals surface area contributed by atoms with E-state index in [1.807, 2.05) is 14.0 Å². The smallest absolute Gasteiger partial charge is 0.305 e. The Morgan fingerprint density at radius 3 is 2.89 bits per heavy atom. The standard InChI is InChI=1S/C11H13N3O3S/c1-6-7-5-8(18-11(7)14(2)13-6)10(17)12-4-3-9(15)16/h5H,3-4H2,1-2H3,(H,12,17)(H,15,16). The molecule has 2 aromatic rings. The zero-order valence-corrected chi connectivity index (χ0v) is 10.9. The summed E-state index contributed by atoms with van der Waals surface area (Å²) in [6.45, 7) is 2.03. The van der Waals surface area contributed by atoms with Crippen LogP contribution in [0.15, 0.2) is 6.07 Å². The van der Waals surface area contributed by atoms with E-state index in [0.29, 0.717) is 4.88 Å². The van der Waals surface area contributed by atoms with Gasteiger partial charge in [-0.05, 0) is 13.0 Å². The average Bonchev–Trinajstić information content (AvgIpc) is 2.81. The van der Waals surface area contributed by atoms with E-state index < -0.39 is 5.97 Å². The number of carboxylic acids is 1. The SMILES string of the molecule is Cc1nn(C)c2sc(C(=O)NCCC(=O)O)cc12. The summed E-state index contributed by atoms with van der Waals surface area (Å²) >= 11 is 1.35. The number of aryl methyl sites for hydroxylation is 2. The van der Waals surface area contributed by atoms with Gasteiger partial charge in [-0.25, -0.2) is 0 Å². The van der Waals surface area contributed by atoms with E-state index >= 15 is 0 Å². The molecule has 2 rings (SSSR count). The van der Waals surface area contributed by atoms with Crippen molar-refractivity contribution in [3.8, 4) is 0 Å². The Hall–Kier alpha value is -1.89. The van der Waals surface area contributed by atoms with Crippen molar-refractivity contribution in [1.29, 1.82) is 0 Å². The minimum absolute atomic E-state index is 0.0722. The largest absolute Gasteiger partial charge is 0.481 e. The number of amides is 1. The molecule has 6 nitrogen and oxygen atoms in total. The number of hydrogen-bond acceptors (Lipinski definition) is 4. The Bertz CT molecular complexity index is 580. The number of aromatic nitrogens is 2. The van der Waals surface area contributed by atoms with Gasteiger partial charge in [-0.15, -0.1) is 11.3 Å². The second kappa shape index (κ2) is 4.77. The molecule has 0 bridgehead atoms. The summed E-state index contributed by atoms with van der Waals surface area (Å²) in [5.74, 6) is -1.16. The fraction of sp³-hybridized carbons (Fsp3) is 0.364. The highest BCUT2D eigenvalue weighted by Crippen LogP contribution is 2.27. The molecule has 2 N–H and O–H groups in total. The molecule has 7 heteroatoms. The van der Waals surface area contributed by atoms with E-state index in [-0.39, 0.29) is 18.9 Å². The summed E-state index contributed by atoms with van der Waals surface area (Å²) in [7, 11) is 1.83. The second-order valence-electron chi connectivity index (χ2n) is 3.94. The molecule has 0 fully saturated rings. The number of rotatable bonds is 4. The van der Waals surface area contributed by atoms with E-state index in [0.717, 1.165) is 15.9 Å². The van der Waals surface area contributed by atoms with Gasteiger partial charge >= 0.3 is 5.97 Å². The summed E-state index contributed by atoms with van der Waals surface area (Å²) in [5, 5.41) is 16.3. The van der Waals surface area contributed by atoms with Crippen LogP contribution < -0.4 is 5.32 Å². The molecular weight excluding hydrogens is 254 g/mol. The van der Waals surface area contributed by atoms with Crippen molar-refractivity contribution in [2.45, 2.75) is 13.3 Å². The molecule has 96 valence electrons. The van der Waals surface area contributed by atoms with Gasteiger partial charge in [-0.3, -0.25) is 14.3 Å². The monoisotopic (exact) mass is 267 g/mol. The van der Waals surface area contributed by atoms with Crippen LogP contribution in [0.2, 0.25) is 0 Å². The zero-order valence-electron chi connectivity index (χ0n) is 10.1. The first kappa shape index (κ1) is 12.6. The molecule has 0 radical (unpaired) electrons. The van der Waals surface area contributed by atoms with E-state index in [1.54, 1.807) is 10.7 Å². The molecule has 2 heterocycles. The van der Waals surface area contributed by atoms with Crippen LogP contribution in [0.25, 0.3) is 10.2 Å². The van der Waals surface area contributed by atoms with Gasteiger partial charge in [0.2, 0.25) is 0 Å². The molecule has 0 aliphatic carbocycles. The van der Waals surface area contributed by atoms with E-state index in [2.05, 4.69) is 10.4 Å². The van der Waals surface area contributed by atoms with E-state index in [9.17, 15) is 9.59 Å². The van der Waals surface area contributed by atoms with Crippen LogP contribution in [-0.2, 0) is 11.8 Å². The predicted octanol–water partition coefficient (Wildman–Crippen LogP) is 1.15. The maximum absolute atomic E-state index is 11.8. The molecule has 0 saturated carbocycles. The lowest BCUT2D eigenvalue weighted by molar-refractivity contribution is -0.136.